The minimum atomic E-state index is -3.29. The molecule has 5 nitrogen and oxygen atoms in total. The molecule has 0 aliphatic carbocycles. The molecule has 0 aromatic carbocycles. The van der Waals surface area contributed by atoms with Crippen molar-refractivity contribution in [3.63, 3.8) is 0 Å². The fourth-order valence-electron chi connectivity index (χ4n) is 2.27. The molecule has 1 aromatic heterocycles. The molecule has 21 heavy (non-hydrogen) atoms. The number of nitrogens with one attached hydrogen (secondary N) is 1. The Hall–Kier alpha value is -1.36. The summed E-state index contributed by atoms with van der Waals surface area (Å²) in [5, 5.41) is 3.71. The maximum Gasteiger partial charge on any atom is 0.238 e. The predicted octanol–water partition coefficient (Wildman–Crippen LogP) is 0.642. The van der Waals surface area contributed by atoms with Gasteiger partial charge in [-0.15, -0.1) is 11.3 Å². The first kappa shape index (κ1) is 16.0. The molecule has 1 unspecified atom stereocenters. The van der Waals surface area contributed by atoms with Crippen LogP contribution in [-0.2, 0) is 21.2 Å². The van der Waals surface area contributed by atoms with Gasteiger partial charge in [0.1, 0.15) is 5.25 Å². The lowest BCUT2D eigenvalue weighted by molar-refractivity contribution is -0.121. The minimum Gasteiger partial charge on any atom is -0.350 e. The van der Waals surface area contributed by atoms with E-state index in [9.17, 15) is 13.2 Å². The number of rotatable bonds is 3. The quantitative estimate of drug-likeness (QED) is 0.798. The molecule has 1 aromatic rings. The summed E-state index contributed by atoms with van der Waals surface area (Å²) in [6.45, 7) is 0.582. The maximum absolute atomic E-state index is 12.1. The summed E-state index contributed by atoms with van der Waals surface area (Å²) in [5.41, 5.74) is 6.17. The average Bonchev–Trinajstić information content (AvgIpc) is 2.89. The van der Waals surface area contributed by atoms with Gasteiger partial charge in [0.15, 0.2) is 9.84 Å². The van der Waals surface area contributed by atoms with Crippen LogP contribution < -0.4 is 11.1 Å². The van der Waals surface area contributed by atoms with Crippen molar-refractivity contribution in [2.24, 2.45) is 5.73 Å². The van der Waals surface area contributed by atoms with Crippen LogP contribution in [0.15, 0.2) is 11.4 Å². The number of thiophene rings is 1. The van der Waals surface area contributed by atoms with Crippen LogP contribution >= 0.6 is 11.3 Å². The van der Waals surface area contributed by atoms with E-state index in [1.54, 1.807) is 0 Å². The highest BCUT2D eigenvalue weighted by molar-refractivity contribution is 7.92. The van der Waals surface area contributed by atoms with Crippen LogP contribution in [0.2, 0.25) is 0 Å². The fourth-order valence-corrected chi connectivity index (χ4v) is 4.86. The summed E-state index contributed by atoms with van der Waals surface area (Å²) in [4.78, 5) is 13.0. The second-order valence-corrected chi connectivity index (χ2v) is 8.14. The van der Waals surface area contributed by atoms with Crippen molar-refractivity contribution in [3.8, 4) is 11.8 Å². The molecule has 7 heteroatoms. The molecular formula is C14H18N2O3S2. The van der Waals surface area contributed by atoms with Gasteiger partial charge in [-0.3, -0.25) is 4.79 Å². The number of amides is 1. The molecule has 3 N–H and O–H groups in total. The zero-order chi connectivity index (χ0) is 15.3. The van der Waals surface area contributed by atoms with Crippen molar-refractivity contribution in [1.82, 2.24) is 5.32 Å². The molecule has 2 heterocycles. The van der Waals surface area contributed by atoms with E-state index in [4.69, 9.17) is 5.73 Å². The van der Waals surface area contributed by atoms with Crippen LogP contribution in [0.25, 0.3) is 0 Å². The highest BCUT2D eigenvalue weighted by Gasteiger charge is 2.34. The first-order valence-electron chi connectivity index (χ1n) is 6.79. The standard InChI is InChI=1S/C14H18N2O3S2/c15-7-3-4-11-6-8-20-12(11)10-16-14(17)13-5-1-2-9-21(13,18)19/h6,8,13H,1-2,5,7,9-10,15H2,(H,16,17). The maximum atomic E-state index is 12.1. The van der Waals surface area contributed by atoms with Gasteiger partial charge >= 0.3 is 0 Å². The lowest BCUT2D eigenvalue weighted by Gasteiger charge is -2.21. The second kappa shape index (κ2) is 7.07. The predicted molar refractivity (Wildman–Crippen MR) is 83.5 cm³/mol. The zero-order valence-electron chi connectivity index (χ0n) is 11.6. The van der Waals surface area contributed by atoms with Gasteiger partial charge in [0, 0.05) is 10.4 Å². The number of carbonyl (C=O) groups excluding carboxylic acids is 1. The number of carbonyl (C=O) groups is 1. The van der Waals surface area contributed by atoms with Crippen LogP contribution in [0.3, 0.4) is 0 Å². The third-order valence-corrected chi connectivity index (χ3v) is 6.46. The highest BCUT2D eigenvalue weighted by atomic mass is 32.2. The Labute approximate surface area is 128 Å². The largest absolute Gasteiger partial charge is 0.350 e. The molecule has 0 radical (unpaired) electrons. The van der Waals surface area contributed by atoms with Crippen molar-refractivity contribution in [2.45, 2.75) is 31.1 Å². The van der Waals surface area contributed by atoms with Gasteiger partial charge in [-0.25, -0.2) is 8.42 Å². The van der Waals surface area contributed by atoms with Gasteiger partial charge in [0.05, 0.1) is 18.8 Å². The molecule has 114 valence electrons. The minimum absolute atomic E-state index is 0.108. The summed E-state index contributed by atoms with van der Waals surface area (Å²) in [6.07, 6.45) is 1.85. The van der Waals surface area contributed by atoms with Crippen LogP contribution in [0.5, 0.6) is 0 Å². The van der Waals surface area contributed by atoms with E-state index in [-0.39, 0.29) is 12.3 Å². The Bertz CT molecular complexity index is 668. The highest BCUT2D eigenvalue weighted by Crippen LogP contribution is 2.20. The first-order chi connectivity index (χ1) is 10.0. The van der Waals surface area contributed by atoms with Crippen LogP contribution in [0, 0.1) is 11.8 Å². The molecule has 0 spiro atoms. The van der Waals surface area contributed by atoms with E-state index < -0.39 is 21.0 Å². The van der Waals surface area contributed by atoms with Gasteiger partial charge in [0.25, 0.3) is 0 Å². The van der Waals surface area contributed by atoms with Gasteiger partial charge in [-0.2, -0.15) is 0 Å². The Morgan fingerprint density at radius 3 is 3.00 bits per heavy atom. The lowest BCUT2D eigenvalue weighted by atomic mass is 10.2. The van der Waals surface area contributed by atoms with Gasteiger partial charge in [-0.05, 0) is 24.3 Å². The number of nitrogens with two attached hydrogens (primary N) is 1. The van der Waals surface area contributed by atoms with E-state index in [0.29, 0.717) is 19.4 Å². The zero-order valence-corrected chi connectivity index (χ0v) is 13.2. The molecule has 1 aliphatic rings. The fraction of sp³-hybridized carbons (Fsp3) is 0.500. The third kappa shape index (κ3) is 4.06. The van der Waals surface area contributed by atoms with Crippen LogP contribution in [0.4, 0.5) is 0 Å². The SMILES string of the molecule is NCC#Cc1ccsc1CNC(=O)C1CCCCS1(=O)=O. The number of hydrogen-bond donors (Lipinski definition) is 2. The summed E-state index contributed by atoms with van der Waals surface area (Å²) in [5.74, 6) is 5.42. The second-order valence-electron chi connectivity index (χ2n) is 4.83. The molecule has 0 saturated carbocycles. The topological polar surface area (TPSA) is 89.3 Å². The summed E-state index contributed by atoms with van der Waals surface area (Å²) in [7, 11) is -3.29. The van der Waals surface area contributed by atoms with E-state index in [2.05, 4.69) is 17.2 Å². The Balaban J connectivity index is 2.00. The van der Waals surface area contributed by atoms with Gasteiger partial charge in [0.2, 0.25) is 5.91 Å². The van der Waals surface area contributed by atoms with Crippen molar-refractivity contribution in [3.05, 3.63) is 21.9 Å². The lowest BCUT2D eigenvalue weighted by Crippen LogP contribution is -2.42. The molecule has 2 rings (SSSR count). The van der Waals surface area contributed by atoms with Crippen molar-refractivity contribution >= 4 is 27.1 Å². The summed E-state index contributed by atoms with van der Waals surface area (Å²) in [6, 6.07) is 1.87. The van der Waals surface area contributed by atoms with E-state index in [1.807, 2.05) is 11.4 Å². The summed E-state index contributed by atoms with van der Waals surface area (Å²) < 4.78 is 23.8. The Morgan fingerprint density at radius 2 is 2.29 bits per heavy atom. The van der Waals surface area contributed by atoms with E-state index in [0.717, 1.165) is 16.9 Å². The smallest absolute Gasteiger partial charge is 0.238 e. The molecule has 1 fully saturated rings. The van der Waals surface area contributed by atoms with E-state index in [1.165, 1.54) is 11.3 Å². The van der Waals surface area contributed by atoms with Crippen molar-refractivity contribution in [2.75, 3.05) is 12.3 Å². The van der Waals surface area contributed by atoms with Gasteiger partial charge in [-0.1, -0.05) is 18.3 Å². The normalized spacial score (nSPS) is 20.3. The Kier molecular flexibility index (Phi) is 5.39. The summed E-state index contributed by atoms with van der Waals surface area (Å²) >= 11 is 1.48. The number of hydrogen-bond acceptors (Lipinski definition) is 5. The number of sulfone groups is 1. The van der Waals surface area contributed by atoms with Crippen molar-refractivity contribution in [1.29, 1.82) is 0 Å². The molecule has 1 saturated heterocycles. The average molecular weight is 326 g/mol. The van der Waals surface area contributed by atoms with Crippen molar-refractivity contribution < 1.29 is 13.2 Å². The van der Waals surface area contributed by atoms with Gasteiger partial charge < -0.3 is 11.1 Å². The molecule has 0 bridgehead atoms. The Morgan fingerprint density at radius 1 is 1.48 bits per heavy atom. The molecule has 1 atom stereocenters. The molecular weight excluding hydrogens is 308 g/mol. The molecule has 1 aliphatic heterocycles. The van der Waals surface area contributed by atoms with E-state index >= 15 is 0 Å². The first-order valence-corrected chi connectivity index (χ1v) is 9.38. The third-order valence-electron chi connectivity index (χ3n) is 3.36. The van der Waals surface area contributed by atoms with Crippen LogP contribution in [-0.4, -0.2) is 31.9 Å². The molecule has 1 amide bonds. The monoisotopic (exact) mass is 326 g/mol. The van der Waals surface area contributed by atoms with Crippen LogP contribution in [0.1, 0.15) is 29.7 Å².